The second kappa shape index (κ2) is 9.74. The molecule has 0 aromatic heterocycles. The fourth-order valence-electron chi connectivity index (χ4n) is 1.24. The van der Waals surface area contributed by atoms with Crippen molar-refractivity contribution in [1.29, 1.82) is 0 Å². The van der Waals surface area contributed by atoms with Crippen LogP contribution in [-0.4, -0.2) is 25.0 Å². The van der Waals surface area contributed by atoms with Crippen LogP contribution in [0.25, 0.3) is 0 Å². The quantitative estimate of drug-likeness (QED) is 0.271. The lowest BCUT2D eigenvalue weighted by Gasteiger charge is -2.22. The van der Waals surface area contributed by atoms with Crippen LogP contribution in [0.15, 0.2) is 35.8 Å². The molecule has 0 unspecified atom stereocenters. The van der Waals surface area contributed by atoms with Gasteiger partial charge in [0, 0.05) is 5.70 Å². The van der Waals surface area contributed by atoms with E-state index in [1.807, 2.05) is 19.1 Å². The van der Waals surface area contributed by atoms with Crippen LogP contribution in [0.2, 0.25) is 58.9 Å². The van der Waals surface area contributed by atoms with Gasteiger partial charge in [-0.2, -0.15) is 0 Å². The lowest BCUT2D eigenvalue weighted by Crippen LogP contribution is -2.35. The van der Waals surface area contributed by atoms with Crippen molar-refractivity contribution in [3.8, 4) is 0 Å². The van der Waals surface area contributed by atoms with Crippen molar-refractivity contribution in [3.05, 3.63) is 35.8 Å². The molecule has 0 bridgehead atoms. The van der Waals surface area contributed by atoms with E-state index < -0.39 is 25.0 Å². The maximum Gasteiger partial charge on any atom is 0.220 e. The number of nitrogens with one attached hydrogen (secondary N) is 3. The highest BCUT2D eigenvalue weighted by molar-refractivity contribution is 6.70. The standard InChI is InChI=1S/C16H37N3O3Si3/c1-14(17-20-23(3,4)5)12-16(19-22-25(9,10)11)13-15(2)18-21-24(6,7)8/h12-13,17-19H,1H2,2-11H3. The minimum absolute atomic E-state index is 0.652. The molecule has 6 nitrogen and oxygen atoms in total. The van der Waals surface area contributed by atoms with Gasteiger partial charge in [0.15, 0.2) is 0 Å². The third-order valence-electron chi connectivity index (χ3n) is 2.18. The van der Waals surface area contributed by atoms with Crippen molar-refractivity contribution in [3.63, 3.8) is 0 Å². The first kappa shape index (κ1) is 24.2. The molecule has 9 heteroatoms. The van der Waals surface area contributed by atoms with Gasteiger partial charge in [-0.05, 0) is 78.0 Å². The summed E-state index contributed by atoms with van der Waals surface area (Å²) in [7, 11) is -5.04. The van der Waals surface area contributed by atoms with E-state index in [4.69, 9.17) is 13.6 Å². The Balaban J connectivity index is 5.07. The smallest absolute Gasteiger partial charge is 0.220 e. The molecule has 0 atom stereocenters. The molecule has 0 aromatic carbocycles. The summed E-state index contributed by atoms with van der Waals surface area (Å²) in [6.45, 7) is 24.9. The molecular weight excluding hydrogens is 366 g/mol. The van der Waals surface area contributed by atoms with E-state index >= 15 is 0 Å². The minimum Gasteiger partial charge on any atom is -0.323 e. The van der Waals surface area contributed by atoms with Crippen LogP contribution >= 0.6 is 0 Å². The summed E-state index contributed by atoms with van der Waals surface area (Å²) < 4.78 is 17.2. The van der Waals surface area contributed by atoms with Crippen molar-refractivity contribution < 1.29 is 13.6 Å². The lowest BCUT2D eigenvalue weighted by molar-refractivity contribution is 0.214. The molecule has 0 saturated heterocycles. The maximum atomic E-state index is 5.80. The van der Waals surface area contributed by atoms with Crippen molar-refractivity contribution in [2.24, 2.45) is 0 Å². The van der Waals surface area contributed by atoms with Crippen molar-refractivity contribution in [2.45, 2.75) is 65.8 Å². The fourth-order valence-corrected chi connectivity index (χ4v) is 2.57. The van der Waals surface area contributed by atoms with Crippen LogP contribution < -0.4 is 16.4 Å². The van der Waals surface area contributed by atoms with E-state index in [1.165, 1.54) is 0 Å². The van der Waals surface area contributed by atoms with Crippen LogP contribution in [0.5, 0.6) is 0 Å². The molecule has 25 heavy (non-hydrogen) atoms. The molecule has 0 rings (SSSR count). The predicted octanol–water partition coefficient (Wildman–Crippen LogP) is 4.36. The Morgan fingerprint density at radius 2 is 1.08 bits per heavy atom. The summed E-state index contributed by atoms with van der Waals surface area (Å²) in [6.07, 6.45) is 3.77. The SMILES string of the molecule is C=C(C=C(C=C(C)NO[Si](C)(C)C)NO[Si](C)(C)C)NO[Si](C)(C)C. The summed E-state index contributed by atoms with van der Waals surface area (Å²) in [5, 5.41) is 0. The Morgan fingerprint density at radius 1 is 0.680 bits per heavy atom. The van der Waals surface area contributed by atoms with Crippen molar-refractivity contribution in [1.82, 2.24) is 16.4 Å². The zero-order chi connectivity index (χ0) is 19.9. The average molecular weight is 404 g/mol. The molecule has 0 amide bonds. The first-order valence-electron chi connectivity index (χ1n) is 8.48. The van der Waals surface area contributed by atoms with Gasteiger partial charge < -0.3 is 13.6 Å². The summed E-state index contributed by atoms with van der Waals surface area (Å²) in [5.41, 5.74) is 11.2. The molecular formula is C16H37N3O3Si3. The molecule has 0 fully saturated rings. The highest BCUT2D eigenvalue weighted by Crippen LogP contribution is 2.08. The molecule has 3 N–H and O–H groups in total. The largest absolute Gasteiger partial charge is 0.323 e. The van der Waals surface area contributed by atoms with Gasteiger partial charge in [-0.1, -0.05) is 6.58 Å². The van der Waals surface area contributed by atoms with Gasteiger partial charge in [-0.3, -0.25) is 16.4 Å². The monoisotopic (exact) mass is 403 g/mol. The predicted molar refractivity (Wildman–Crippen MR) is 114 cm³/mol. The second-order valence-corrected chi connectivity index (χ2v) is 22.2. The minimum atomic E-state index is -1.72. The lowest BCUT2D eigenvalue weighted by atomic mass is 10.3. The maximum absolute atomic E-state index is 5.80. The van der Waals surface area contributed by atoms with Gasteiger partial charge in [0.1, 0.15) is 0 Å². The van der Waals surface area contributed by atoms with E-state index in [1.54, 1.807) is 0 Å². The molecule has 0 heterocycles. The van der Waals surface area contributed by atoms with Gasteiger partial charge in [0.05, 0.1) is 11.4 Å². The Labute approximate surface area is 157 Å². The third-order valence-corrected chi connectivity index (χ3v) is 4.33. The van der Waals surface area contributed by atoms with Crippen molar-refractivity contribution >= 4 is 25.0 Å². The third kappa shape index (κ3) is 16.4. The number of hydrogen-bond acceptors (Lipinski definition) is 6. The molecule has 0 spiro atoms. The van der Waals surface area contributed by atoms with Crippen LogP contribution in [0.4, 0.5) is 0 Å². The van der Waals surface area contributed by atoms with E-state index in [0.717, 1.165) is 11.4 Å². The molecule has 0 radical (unpaired) electrons. The Hall–Kier alpha value is -0.849. The van der Waals surface area contributed by atoms with E-state index in [9.17, 15) is 0 Å². The average Bonchev–Trinajstić information content (AvgIpc) is 2.38. The van der Waals surface area contributed by atoms with E-state index in [2.05, 4.69) is 81.9 Å². The number of allylic oxidation sites excluding steroid dienone is 3. The molecule has 0 aliphatic rings. The number of rotatable bonds is 11. The van der Waals surface area contributed by atoms with E-state index in [0.29, 0.717) is 5.70 Å². The van der Waals surface area contributed by atoms with Gasteiger partial charge in [0.25, 0.3) is 0 Å². The normalized spacial score (nSPS) is 14.3. The molecule has 0 aromatic rings. The molecule has 0 aliphatic heterocycles. The van der Waals surface area contributed by atoms with Gasteiger partial charge >= 0.3 is 0 Å². The van der Waals surface area contributed by atoms with E-state index in [-0.39, 0.29) is 0 Å². The molecule has 146 valence electrons. The Kier molecular flexibility index (Phi) is 9.41. The summed E-state index contributed by atoms with van der Waals surface area (Å²) in [4.78, 5) is 0. The van der Waals surface area contributed by atoms with Crippen LogP contribution in [0.3, 0.4) is 0 Å². The second-order valence-electron chi connectivity index (χ2n) is 8.90. The summed E-state index contributed by atoms with van der Waals surface area (Å²) >= 11 is 0. The molecule has 0 aliphatic carbocycles. The summed E-state index contributed by atoms with van der Waals surface area (Å²) in [6, 6.07) is 0. The van der Waals surface area contributed by atoms with Crippen LogP contribution in [0.1, 0.15) is 6.92 Å². The van der Waals surface area contributed by atoms with Crippen molar-refractivity contribution in [2.75, 3.05) is 0 Å². The highest BCUT2D eigenvalue weighted by Gasteiger charge is 2.17. The summed E-state index contributed by atoms with van der Waals surface area (Å²) in [5.74, 6) is 0. The topological polar surface area (TPSA) is 63.8 Å². The fraction of sp³-hybridized carbons (Fsp3) is 0.625. The zero-order valence-electron chi connectivity index (χ0n) is 17.6. The van der Waals surface area contributed by atoms with Gasteiger partial charge in [-0.15, -0.1) is 0 Å². The Bertz CT molecular complexity index is 501. The first-order chi connectivity index (χ1) is 11.1. The highest BCUT2D eigenvalue weighted by atomic mass is 28.4. The van der Waals surface area contributed by atoms with Gasteiger partial charge in [0.2, 0.25) is 25.0 Å². The Morgan fingerprint density at radius 3 is 1.52 bits per heavy atom. The van der Waals surface area contributed by atoms with Gasteiger partial charge in [-0.25, -0.2) is 0 Å². The zero-order valence-corrected chi connectivity index (χ0v) is 20.6. The number of hydrogen-bond donors (Lipinski definition) is 3. The van der Waals surface area contributed by atoms with Crippen LogP contribution in [0, 0.1) is 0 Å². The van der Waals surface area contributed by atoms with Crippen LogP contribution in [-0.2, 0) is 13.6 Å². The molecule has 0 saturated carbocycles. The first-order valence-corrected chi connectivity index (χ1v) is 18.7. The number of hydroxylamine groups is 3.